The van der Waals surface area contributed by atoms with Gasteiger partial charge in [-0.15, -0.1) is 0 Å². The van der Waals surface area contributed by atoms with Gasteiger partial charge in [-0.1, -0.05) is 46.2 Å². The fourth-order valence-corrected chi connectivity index (χ4v) is 10.2. The maximum Gasteiger partial charge on any atom is 0.246 e. The average molecular weight is 1080 g/mol. The van der Waals surface area contributed by atoms with Crippen molar-refractivity contribution >= 4 is 88.5 Å². The summed E-state index contributed by atoms with van der Waals surface area (Å²) in [5, 5.41) is 18.2. The van der Waals surface area contributed by atoms with Crippen molar-refractivity contribution in [2.24, 2.45) is 29.0 Å². The summed E-state index contributed by atoms with van der Waals surface area (Å²) in [6, 6.07) is -2.40. The Labute approximate surface area is 441 Å². The van der Waals surface area contributed by atoms with Gasteiger partial charge in [-0.3, -0.25) is 52.7 Å². The molecule has 23 nitrogen and oxygen atoms in total. The zero-order valence-electron chi connectivity index (χ0n) is 43.1. The van der Waals surface area contributed by atoms with Gasteiger partial charge in [-0.2, -0.15) is 23.5 Å². The van der Waals surface area contributed by atoms with Gasteiger partial charge < -0.3 is 64.1 Å². The van der Waals surface area contributed by atoms with E-state index in [2.05, 4.69) is 49.0 Å². The van der Waals surface area contributed by atoms with E-state index in [4.69, 9.17) is 21.9 Å². The van der Waals surface area contributed by atoms with Crippen LogP contribution in [0.2, 0.25) is 0 Å². The number of methoxy groups -OCH3 is 1. The zero-order valence-corrected chi connectivity index (χ0v) is 44.8. The third kappa shape index (κ3) is 21.8. The monoisotopic (exact) mass is 1080 g/mol. The molecular weight excluding hydrogens is 999 g/mol. The summed E-state index contributed by atoms with van der Waals surface area (Å²) in [6.07, 6.45) is 2.75. The van der Waals surface area contributed by atoms with E-state index in [1.54, 1.807) is 38.1 Å². The van der Waals surface area contributed by atoms with Crippen LogP contribution < -0.4 is 59.2 Å². The summed E-state index contributed by atoms with van der Waals surface area (Å²) in [7, 11) is 1.50. The number of rotatable bonds is 18. The number of ether oxygens (including phenoxy) is 1. The smallest absolute Gasteiger partial charge is 0.246 e. The van der Waals surface area contributed by atoms with Gasteiger partial charge in [0.1, 0.15) is 48.0 Å². The molecule has 4 rings (SSSR count). The lowest BCUT2D eigenvalue weighted by Crippen LogP contribution is -2.61. The van der Waals surface area contributed by atoms with Gasteiger partial charge in [0.25, 0.3) is 0 Å². The maximum atomic E-state index is 14.5. The highest BCUT2D eigenvalue weighted by molar-refractivity contribution is 7.99. The van der Waals surface area contributed by atoms with Crippen LogP contribution in [0.5, 0.6) is 5.75 Å². The van der Waals surface area contributed by atoms with E-state index in [1.165, 1.54) is 48.1 Å². The van der Waals surface area contributed by atoms with Crippen LogP contribution in [0.3, 0.4) is 0 Å². The van der Waals surface area contributed by atoms with Crippen LogP contribution in [0, 0.1) is 11.8 Å². The largest absolute Gasteiger partial charge is 0.497 e. The highest BCUT2D eigenvalue weighted by Gasteiger charge is 2.41. The molecule has 3 aliphatic rings. The van der Waals surface area contributed by atoms with Gasteiger partial charge in [0.2, 0.25) is 65.0 Å². The van der Waals surface area contributed by atoms with Crippen molar-refractivity contribution in [3.05, 3.63) is 29.8 Å². The Morgan fingerprint density at radius 2 is 1.39 bits per heavy atom. The molecule has 3 saturated heterocycles. The van der Waals surface area contributed by atoms with Crippen LogP contribution in [0.4, 0.5) is 0 Å². The van der Waals surface area contributed by atoms with E-state index in [9.17, 15) is 52.7 Å². The molecular formula is C49H77N11O12S2. The maximum absolute atomic E-state index is 14.5. The number of benzene rings is 1. The minimum Gasteiger partial charge on any atom is -0.497 e. The average Bonchev–Trinajstić information content (AvgIpc) is 4.11. The Balaban J connectivity index is 0.00000271. The van der Waals surface area contributed by atoms with Gasteiger partial charge >= 0.3 is 0 Å². The van der Waals surface area contributed by atoms with E-state index in [0.29, 0.717) is 24.2 Å². The summed E-state index contributed by atoms with van der Waals surface area (Å²) < 4.78 is 5.25. The molecule has 74 heavy (non-hydrogen) atoms. The molecule has 11 amide bonds. The molecule has 8 atom stereocenters. The zero-order chi connectivity index (χ0) is 54.9. The number of carbonyl (C=O) groups is 11. The molecule has 0 aliphatic carbocycles. The lowest BCUT2D eigenvalue weighted by atomic mass is 9.96. The number of nitrogens with two attached hydrogens (primary N) is 3. The van der Waals surface area contributed by atoms with Crippen LogP contribution in [-0.2, 0) is 59.2 Å². The number of hydrogen-bond donors (Lipinski definition) is 10. The number of carbonyl (C=O) groups excluding carboxylic acids is 11. The van der Waals surface area contributed by atoms with Crippen LogP contribution >= 0.6 is 23.5 Å². The standard InChI is InChI=1S/C45H69N11O12S.C4H8S/c1-6-25(4)38-44(66)51-28(15-16-34(46)57)40(62)52-31(21-35(47)58)41(63)54-32(23-69-18-8-10-37(60)50-30(42(64)55-38)20-26-11-13-27(68-5)14-12-26)45(67)56-17-7-9-33(56)43(65)53-29(19-24(2)3)39(61)49-22-36(48)59;1-2-4-5-3-1/h11-14,24-25,28-33,38H,6-10,15-23H2,1-5H3,(H2,46,57)(H2,47,58)(H2,48,59)(H,49,61)(H,50,60)(H,51,66)(H,52,62)(H,53,65)(H,54,63)(H,55,64);1-4H2/t25-,28-,29-,30-,31-,32-,33-,38-;/m0./s1. The number of likely N-dealkylation sites (tertiary alicyclic amines) is 1. The van der Waals surface area contributed by atoms with Gasteiger partial charge in [0.05, 0.1) is 20.1 Å². The lowest BCUT2D eigenvalue weighted by molar-refractivity contribution is -0.142. The highest BCUT2D eigenvalue weighted by atomic mass is 32.2. The Bertz CT molecular complexity index is 2110. The third-order valence-electron chi connectivity index (χ3n) is 12.4. The van der Waals surface area contributed by atoms with Crippen LogP contribution in [0.25, 0.3) is 0 Å². The molecule has 0 bridgehead atoms. The van der Waals surface area contributed by atoms with Crippen molar-refractivity contribution in [2.75, 3.05) is 43.2 Å². The molecule has 1 aromatic carbocycles. The first-order chi connectivity index (χ1) is 35.1. The van der Waals surface area contributed by atoms with Crippen molar-refractivity contribution < 1.29 is 57.5 Å². The van der Waals surface area contributed by atoms with Crippen molar-refractivity contribution in [2.45, 2.75) is 147 Å². The van der Waals surface area contributed by atoms with Gasteiger partial charge in [-0.05, 0) is 91.7 Å². The summed E-state index contributed by atoms with van der Waals surface area (Å²) in [4.78, 5) is 148. The SMILES string of the molecule is C1CCSC1.CC[C@H](C)[C@@H]1NC(=O)[C@H](Cc2ccc(OC)cc2)NC(=O)CCCSC[C@@H](C(=O)N2CCC[C@H]2C(=O)N[C@@H](CC(C)C)C(=O)NCC(N)=O)NC(=O)[C@H](CC(N)=O)NC(=O)[C@H](CCC(N)=O)NC1=O. The molecule has 0 saturated carbocycles. The molecule has 3 aliphatic heterocycles. The second-order valence-electron chi connectivity index (χ2n) is 19.0. The Morgan fingerprint density at radius 1 is 0.757 bits per heavy atom. The first-order valence-corrected chi connectivity index (χ1v) is 27.5. The number of nitrogens with zero attached hydrogens (tertiary/aromatic N) is 1. The number of nitrogens with one attached hydrogen (secondary N) is 7. The van der Waals surface area contributed by atoms with E-state index >= 15 is 0 Å². The fraction of sp³-hybridized carbons (Fsp3) is 0.653. The van der Waals surface area contributed by atoms with E-state index in [-0.39, 0.29) is 62.5 Å². The van der Waals surface area contributed by atoms with Crippen LogP contribution in [0.1, 0.15) is 104 Å². The summed E-state index contributed by atoms with van der Waals surface area (Å²) >= 11 is 3.26. The van der Waals surface area contributed by atoms with Crippen molar-refractivity contribution in [3.63, 3.8) is 0 Å². The molecule has 3 heterocycles. The van der Waals surface area contributed by atoms with Crippen molar-refractivity contribution in [1.82, 2.24) is 42.1 Å². The second-order valence-corrected chi connectivity index (χ2v) is 21.3. The van der Waals surface area contributed by atoms with E-state index in [0.717, 1.165) is 0 Å². The molecule has 412 valence electrons. The summed E-state index contributed by atoms with van der Waals surface area (Å²) in [5.74, 6) is -5.76. The summed E-state index contributed by atoms with van der Waals surface area (Å²) in [5.41, 5.74) is 16.8. The van der Waals surface area contributed by atoms with Gasteiger partial charge in [-0.25, -0.2) is 0 Å². The minimum atomic E-state index is -1.71. The van der Waals surface area contributed by atoms with Gasteiger partial charge in [0, 0.05) is 31.6 Å². The van der Waals surface area contributed by atoms with Crippen LogP contribution in [-0.4, -0.2) is 155 Å². The Hall–Kier alpha value is -6.11. The number of amides is 11. The van der Waals surface area contributed by atoms with Crippen molar-refractivity contribution in [3.8, 4) is 5.75 Å². The molecule has 0 aromatic heterocycles. The molecule has 3 fully saturated rings. The van der Waals surface area contributed by atoms with E-state index in [1.807, 2.05) is 13.8 Å². The number of hydrogen-bond acceptors (Lipinski definition) is 14. The third-order valence-corrected chi connectivity index (χ3v) is 14.7. The topological polar surface area (TPSA) is 363 Å². The molecule has 1 aromatic rings. The van der Waals surface area contributed by atoms with Gasteiger partial charge in [0.15, 0.2) is 0 Å². The molecule has 0 spiro atoms. The normalized spacial score (nSPS) is 23.2. The predicted octanol–water partition coefficient (Wildman–Crippen LogP) is -0.988. The molecule has 25 heteroatoms. The highest BCUT2D eigenvalue weighted by Crippen LogP contribution is 2.22. The van der Waals surface area contributed by atoms with Crippen molar-refractivity contribution in [1.29, 1.82) is 0 Å². The first-order valence-electron chi connectivity index (χ1n) is 25.2. The fourth-order valence-electron chi connectivity index (χ4n) is 8.19. The molecule has 0 radical (unpaired) electrons. The van der Waals surface area contributed by atoms with E-state index < -0.39 is 133 Å². The quantitative estimate of drug-likeness (QED) is 0.0845. The number of thioether (sulfide) groups is 2. The molecule has 0 unspecified atom stereocenters. The first kappa shape index (κ1) is 62.2. The Morgan fingerprint density at radius 3 is 1.97 bits per heavy atom. The molecule has 13 N–H and O–H groups in total. The lowest BCUT2D eigenvalue weighted by Gasteiger charge is -2.31. The summed E-state index contributed by atoms with van der Waals surface area (Å²) in [6.45, 7) is 6.75. The minimum absolute atomic E-state index is 0.0237. The predicted molar refractivity (Wildman–Crippen MR) is 279 cm³/mol. The van der Waals surface area contributed by atoms with Crippen LogP contribution in [0.15, 0.2) is 24.3 Å². The number of primary amides is 3. The Kier molecular flexibility index (Phi) is 27.1. The second kappa shape index (κ2) is 32.3.